The zero-order chi connectivity index (χ0) is 10.4. The van der Waals surface area contributed by atoms with Crippen molar-refractivity contribution >= 4 is 5.91 Å². The maximum absolute atomic E-state index is 11.3. The van der Waals surface area contributed by atoms with Gasteiger partial charge in [-0.05, 0) is 19.4 Å². The molecule has 4 N–H and O–H groups in total. The van der Waals surface area contributed by atoms with E-state index in [2.05, 4.69) is 5.32 Å². The van der Waals surface area contributed by atoms with Gasteiger partial charge in [0.15, 0.2) is 0 Å². The number of likely N-dealkylation sites (tertiary alicyclic amines) is 1. The summed E-state index contributed by atoms with van der Waals surface area (Å²) < 4.78 is 0. The van der Waals surface area contributed by atoms with Crippen molar-refractivity contribution in [1.29, 1.82) is 0 Å². The van der Waals surface area contributed by atoms with Gasteiger partial charge in [0.25, 0.3) is 0 Å². The van der Waals surface area contributed by atoms with Crippen LogP contribution in [0.1, 0.15) is 12.8 Å². The van der Waals surface area contributed by atoms with Crippen LogP contribution in [0.3, 0.4) is 0 Å². The third kappa shape index (κ3) is 4.04. The fraction of sp³-hybridized carbons (Fsp3) is 0.889. The highest BCUT2D eigenvalue weighted by Crippen LogP contribution is 2.08. The van der Waals surface area contributed by atoms with Crippen LogP contribution in [0.4, 0.5) is 0 Å². The Morgan fingerprint density at radius 3 is 3.07 bits per heavy atom. The number of hydrogen-bond acceptors (Lipinski definition) is 4. The van der Waals surface area contributed by atoms with Gasteiger partial charge in [0.1, 0.15) is 0 Å². The molecule has 5 nitrogen and oxygen atoms in total. The van der Waals surface area contributed by atoms with Crippen molar-refractivity contribution < 1.29 is 9.90 Å². The first-order valence-corrected chi connectivity index (χ1v) is 5.09. The van der Waals surface area contributed by atoms with Crippen LogP contribution < -0.4 is 11.1 Å². The third-order valence-electron chi connectivity index (χ3n) is 2.31. The summed E-state index contributed by atoms with van der Waals surface area (Å²) in [4.78, 5) is 13.3. The molecule has 0 aromatic rings. The van der Waals surface area contributed by atoms with Gasteiger partial charge in [0.05, 0.1) is 12.6 Å². The molecule has 0 saturated carbocycles. The lowest BCUT2D eigenvalue weighted by Crippen LogP contribution is -2.44. The van der Waals surface area contributed by atoms with E-state index < -0.39 is 0 Å². The van der Waals surface area contributed by atoms with Crippen LogP contribution in [0.5, 0.6) is 0 Å². The molecule has 0 bridgehead atoms. The number of nitrogens with zero attached hydrogens (tertiary/aromatic N) is 1. The standard InChI is InChI=1S/C9H19N3O2/c10-3-4-11-9(14)7-12-5-1-2-8(13)6-12/h8,13H,1-7,10H2,(H,11,14). The molecular weight excluding hydrogens is 182 g/mol. The Labute approximate surface area is 84.3 Å². The smallest absolute Gasteiger partial charge is 0.234 e. The van der Waals surface area contributed by atoms with Crippen molar-refractivity contribution in [2.24, 2.45) is 5.73 Å². The summed E-state index contributed by atoms with van der Waals surface area (Å²) in [6.45, 7) is 2.86. The maximum Gasteiger partial charge on any atom is 0.234 e. The Bertz CT molecular complexity index is 187. The van der Waals surface area contributed by atoms with E-state index in [9.17, 15) is 9.90 Å². The summed E-state index contributed by atoms with van der Waals surface area (Å²) in [7, 11) is 0. The quantitative estimate of drug-likeness (QED) is 0.518. The number of hydrogen-bond donors (Lipinski definition) is 3. The summed E-state index contributed by atoms with van der Waals surface area (Å²) in [5.74, 6) is -0.00968. The summed E-state index contributed by atoms with van der Waals surface area (Å²) in [5.41, 5.74) is 5.26. The van der Waals surface area contributed by atoms with E-state index in [0.29, 0.717) is 26.2 Å². The number of nitrogens with two attached hydrogens (primary N) is 1. The molecule has 1 amide bonds. The second kappa shape index (κ2) is 5.95. The molecule has 1 fully saturated rings. The lowest BCUT2D eigenvalue weighted by molar-refractivity contribution is -0.122. The molecule has 0 aromatic heterocycles. The summed E-state index contributed by atoms with van der Waals surface area (Å²) in [6.07, 6.45) is 1.54. The first kappa shape index (κ1) is 11.4. The van der Waals surface area contributed by atoms with E-state index >= 15 is 0 Å². The zero-order valence-electron chi connectivity index (χ0n) is 8.41. The number of aliphatic hydroxyl groups is 1. The minimum absolute atomic E-state index is 0.00968. The molecular formula is C9H19N3O2. The molecule has 5 heteroatoms. The average molecular weight is 201 g/mol. The number of rotatable bonds is 4. The SMILES string of the molecule is NCCNC(=O)CN1CCCC(O)C1. The highest BCUT2D eigenvalue weighted by atomic mass is 16.3. The first-order valence-electron chi connectivity index (χ1n) is 5.09. The molecule has 0 aromatic carbocycles. The van der Waals surface area contributed by atoms with Crippen molar-refractivity contribution in [3.63, 3.8) is 0 Å². The molecule has 0 radical (unpaired) electrons. The van der Waals surface area contributed by atoms with E-state index in [0.717, 1.165) is 19.4 Å². The van der Waals surface area contributed by atoms with Gasteiger partial charge in [0.2, 0.25) is 5.91 Å². The summed E-state index contributed by atoms with van der Waals surface area (Å²) >= 11 is 0. The molecule has 1 saturated heterocycles. The predicted molar refractivity (Wildman–Crippen MR) is 53.7 cm³/mol. The van der Waals surface area contributed by atoms with Crippen LogP contribution in [0.25, 0.3) is 0 Å². The van der Waals surface area contributed by atoms with Crippen molar-refractivity contribution in [3.8, 4) is 0 Å². The highest BCUT2D eigenvalue weighted by molar-refractivity contribution is 5.78. The van der Waals surface area contributed by atoms with Crippen LogP contribution in [-0.2, 0) is 4.79 Å². The fourth-order valence-corrected chi connectivity index (χ4v) is 1.65. The molecule has 1 atom stereocenters. The van der Waals surface area contributed by atoms with Crippen molar-refractivity contribution in [2.75, 3.05) is 32.7 Å². The van der Waals surface area contributed by atoms with Crippen LogP contribution in [0.2, 0.25) is 0 Å². The van der Waals surface area contributed by atoms with Crippen LogP contribution in [-0.4, -0.2) is 54.7 Å². The minimum Gasteiger partial charge on any atom is -0.392 e. The van der Waals surface area contributed by atoms with Gasteiger partial charge in [-0.2, -0.15) is 0 Å². The molecule has 1 aliphatic heterocycles. The van der Waals surface area contributed by atoms with E-state index in [4.69, 9.17) is 5.73 Å². The second-order valence-electron chi connectivity index (χ2n) is 3.67. The molecule has 14 heavy (non-hydrogen) atoms. The number of aliphatic hydroxyl groups excluding tert-OH is 1. The van der Waals surface area contributed by atoms with Crippen LogP contribution in [0.15, 0.2) is 0 Å². The number of nitrogens with one attached hydrogen (secondary N) is 1. The Hall–Kier alpha value is -0.650. The van der Waals surface area contributed by atoms with E-state index in [1.807, 2.05) is 4.90 Å². The predicted octanol–water partition coefficient (Wildman–Crippen LogP) is -1.48. The third-order valence-corrected chi connectivity index (χ3v) is 2.31. The summed E-state index contributed by atoms with van der Waals surface area (Å²) in [5, 5.41) is 12.1. The van der Waals surface area contributed by atoms with Crippen molar-refractivity contribution in [1.82, 2.24) is 10.2 Å². The molecule has 0 spiro atoms. The Balaban J connectivity index is 2.18. The number of amides is 1. The molecule has 82 valence electrons. The lowest BCUT2D eigenvalue weighted by Gasteiger charge is -2.29. The van der Waals surface area contributed by atoms with Gasteiger partial charge in [-0.3, -0.25) is 9.69 Å². The molecule has 1 heterocycles. The number of carbonyl (C=O) groups excluding carboxylic acids is 1. The van der Waals surface area contributed by atoms with E-state index in [-0.39, 0.29) is 12.0 Å². The van der Waals surface area contributed by atoms with Crippen LogP contribution in [0, 0.1) is 0 Å². The van der Waals surface area contributed by atoms with Crippen molar-refractivity contribution in [2.45, 2.75) is 18.9 Å². The maximum atomic E-state index is 11.3. The van der Waals surface area contributed by atoms with Gasteiger partial charge in [-0.25, -0.2) is 0 Å². The van der Waals surface area contributed by atoms with Gasteiger partial charge >= 0.3 is 0 Å². The van der Waals surface area contributed by atoms with E-state index in [1.54, 1.807) is 0 Å². The molecule has 1 rings (SSSR count). The summed E-state index contributed by atoms with van der Waals surface area (Å²) in [6, 6.07) is 0. The Morgan fingerprint density at radius 2 is 2.43 bits per heavy atom. The minimum atomic E-state index is -0.272. The number of β-amino-alcohol motifs (C(OH)–C–C–N with tert-alkyl or cyclic N) is 1. The number of piperidine rings is 1. The highest BCUT2D eigenvalue weighted by Gasteiger charge is 2.19. The zero-order valence-corrected chi connectivity index (χ0v) is 8.41. The van der Waals surface area contributed by atoms with Gasteiger partial charge in [-0.1, -0.05) is 0 Å². The van der Waals surface area contributed by atoms with Crippen molar-refractivity contribution in [3.05, 3.63) is 0 Å². The monoisotopic (exact) mass is 201 g/mol. The largest absolute Gasteiger partial charge is 0.392 e. The Kier molecular flexibility index (Phi) is 4.86. The van der Waals surface area contributed by atoms with Crippen LogP contribution >= 0.6 is 0 Å². The number of carbonyl (C=O) groups is 1. The normalized spacial score (nSPS) is 23.4. The van der Waals surface area contributed by atoms with Gasteiger partial charge in [-0.15, -0.1) is 0 Å². The van der Waals surface area contributed by atoms with Gasteiger partial charge < -0.3 is 16.2 Å². The topological polar surface area (TPSA) is 78.6 Å². The lowest BCUT2D eigenvalue weighted by atomic mass is 10.1. The molecule has 1 aliphatic rings. The Morgan fingerprint density at radius 1 is 1.64 bits per heavy atom. The molecule has 1 unspecified atom stereocenters. The van der Waals surface area contributed by atoms with E-state index in [1.165, 1.54) is 0 Å². The fourth-order valence-electron chi connectivity index (χ4n) is 1.65. The second-order valence-corrected chi connectivity index (χ2v) is 3.67. The molecule has 0 aliphatic carbocycles. The van der Waals surface area contributed by atoms with Gasteiger partial charge in [0, 0.05) is 19.6 Å². The first-order chi connectivity index (χ1) is 6.72. The average Bonchev–Trinajstić information content (AvgIpc) is 2.15.